The van der Waals surface area contributed by atoms with Crippen molar-refractivity contribution in [3.05, 3.63) is 70.2 Å². The number of nitrogens with one attached hydrogen (secondary N) is 2. The monoisotopic (exact) mass is 372 g/mol. The third-order valence-corrected chi connectivity index (χ3v) is 4.78. The van der Waals surface area contributed by atoms with E-state index in [1.807, 2.05) is 41.3 Å². The van der Waals surface area contributed by atoms with Crippen LogP contribution in [0.3, 0.4) is 0 Å². The summed E-state index contributed by atoms with van der Waals surface area (Å²) in [6.07, 6.45) is 0. The van der Waals surface area contributed by atoms with Crippen molar-refractivity contribution in [2.45, 2.75) is 12.6 Å². The van der Waals surface area contributed by atoms with Gasteiger partial charge in [-0.25, -0.2) is 4.79 Å². The normalized spacial score (nSPS) is 17.0. The van der Waals surface area contributed by atoms with Crippen molar-refractivity contribution in [3.8, 4) is 0 Å². The second-order valence-corrected chi connectivity index (χ2v) is 6.56. The third-order valence-electron chi connectivity index (χ3n) is 4.44. The maximum Gasteiger partial charge on any atom is 0.312 e. The summed E-state index contributed by atoms with van der Waals surface area (Å²) in [4.78, 5) is 25.7. The lowest BCUT2D eigenvalue weighted by Gasteiger charge is -2.37. The number of rotatable bonds is 4. The molecule has 1 fully saturated rings. The molecule has 0 aliphatic carbocycles. The first-order valence-corrected chi connectivity index (χ1v) is 8.82. The molecule has 6 nitrogen and oxygen atoms in total. The summed E-state index contributed by atoms with van der Waals surface area (Å²) in [6, 6.07) is 14.1. The SMILES string of the molecule is NC(=O)NCc1ccc(C(=O)N2CCNCC2c2ccccc2Cl)cc1. The average Bonchev–Trinajstić information content (AvgIpc) is 2.67. The molecule has 3 rings (SSSR count). The van der Waals surface area contributed by atoms with E-state index in [1.165, 1.54) is 0 Å². The topological polar surface area (TPSA) is 87.5 Å². The second-order valence-electron chi connectivity index (χ2n) is 6.15. The number of carbonyl (C=O) groups excluding carboxylic acids is 2. The first-order valence-electron chi connectivity index (χ1n) is 8.44. The highest BCUT2D eigenvalue weighted by molar-refractivity contribution is 6.31. The van der Waals surface area contributed by atoms with Gasteiger partial charge in [-0.15, -0.1) is 0 Å². The molecule has 0 spiro atoms. The van der Waals surface area contributed by atoms with Crippen LogP contribution in [-0.2, 0) is 6.54 Å². The molecule has 0 aromatic heterocycles. The Morgan fingerprint density at radius 1 is 1.19 bits per heavy atom. The maximum absolute atomic E-state index is 13.0. The number of hydrogen-bond acceptors (Lipinski definition) is 3. The number of nitrogens with two attached hydrogens (primary N) is 1. The van der Waals surface area contributed by atoms with Gasteiger partial charge in [0.05, 0.1) is 6.04 Å². The molecule has 1 saturated heterocycles. The van der Waals surface area contributed by atoms with E-state index in [-0.39, 0.29) is 11.9 Å². The molecule has 1 aliphatic heterocycles. The number of hydrogen-bond donors (Lipinski definition) is 3. The molecule has 26 heavy (non-hydrogen) atoms. The lowest BCUT2D eigenvalue weighted by atomic mass is 10.0. The Morgan fingerprint density at radius 2 is 1.92 bits per heavy atom. The zero-order valence-electron chi connectivity index (χ0n) is 14.2. The minimum atomic E-state index is -0.575. The van der Waals surface area contributed by atoms with E-state index in [0.29, 0.717) is 30.2 Å². The summed E-state index contributed by atoms with van der Waals surface area (Å²) in [7, 11) is 0. The number of primary amides is 1. The Kier molecular flexibility index (Phi) is 5.75. The minimum absolute atomic E-state index is 0.0363. The van der Waals surface area contributed by atoms with Gasteiger partial charge in [-0.3, -0.25) is 4.79 Å². The summed E-state index contributed by atoms with van der Waals surface area (Å²) in [6.45, 7) is 2.35. The zero-order valence-corrected chi connectivity index (χ0v) is 15.0. The molecular weight excluding hydrogens is 352 g/mol. The number of carbonyl (C=O) groups is 2. The summed E-state index contributed by atoms with van der Waals surface area (Å²) in [5, 5.41) is 6.52. The van der Waals surface area contributed by atoms with Gasteiger partial charge in [-0.2, -0.15) is 0 Å². The van der Waals surface area contributed by atoms with Gasteiger partial charge >= 0.3 is 6.03 Å². The molecule has 1 heterocycles. The van der Waals surface area contributed by atoms with Crippen molar-refractivity contribution in [3.63, 3.8) is 0 Å². The molecule has 1 unspecified atom stereocenters. The van der Waals surface area contributed by atoms with Crippen molar-refractivity contribution >= 4 is 23.5 Å². The second kappa shape index (κ2) is 8.21. The van der Waals surface area contributed by atoms with Crippen molar-refractivity contribution in [2.75, 3.05) is 19.6 Å². The molecule has 1 atom stereocenters. The van der Waals surface area contributed by atoms with Crippen LogP contribution in [-0.4, -0.2) is 36.5 Å². The van der Waals surface area contributed by atoms with E-state index < -0.39 is 6.03 Å². The summed E-state index contributed by atoms with van der Waals surface area (Å²) >= 11 is 6.34. The number of nitrogens with zero attached hydrogens (tertiary/aromatic N) is 1. The van der Waals surface area contributed by atoms with Crippen LogP contribution in [0.4, 0.5) is 4.79 Å². The fourth-order valence-electron chi connectivity index (χ4n) is 3.09. The number of halogens is 1. The predicted molar refractivity (Wildman–Crippen MR) is 101 cm³/mol. The summed E-state index contributed by atoms with van der Waals surface area (Å²) in [5.41, 5.74) is 7.49. The standard InChI is InChI=1S/C19H21ClN4O2/c20-16-4-2-1-3-15(16)17-12-22-9-10-24(17)18(25)14-7-5-13(6-8-14)11-23-19(21)26/h1-8,17,22H,9-12H2,(H3,21,23,26). The van der Waals surface area contributed by atoms with Crippen LogP contribution < -0.4 is 16.4 Å². The average molecular weight is 373 g/mol. The molecule has 0 bridgehead atoms. The van der Waals surface area contributed by atoms with Crippen LogP contribution in [0.1, 0.15) is 27.5 Å². The van der Waals surface area contributed by atoms with Gasteiger partial charge in [0.2, 0.25) is 0 Å². The largest absolute Gasteiger partial charge is 0.352 e. The quantitative estimate of drug-likeness (QED) is 0.769. The molecule has 0 saturated carbocycles. The first kappa shape index (κ1) is 18.2. The van der Waals surface area contributed by atoms with E-state index in [2.05, 4.69) is 10.6 Å². The van der Waals surface area contributed by atoms with Crippen LogP contribution in [0.2, 0.25) is 5.02 Å². The molecule has 2 aromatic rings. The predicted octanol–water partition coefficient (Wildman–Crippen LogP) is 2.29. The summed E-state index contributed by atoms with van der Waals surface area (Å²) < 4.78 is 0. The van der Waals surface area contributed by atoms with Crippen LogP contribution in [0.5, 0.6) is 0 Å². The molecule has 4 N–H and O–H groups in total. The van der Waals surface area contributed by atoms with Gasteiger partial charge < -0.3 is 21.3 Å². The van der Waals surface area contributed by atoms with Crippen LogP contribution in [0.25, 0.3) is 0 Å². The van der Waals surface area contributed by atoms with E-state index in [9.17, 15) is 9.59 Å². The molecule has 3 amide bonds. The highest BCUT2D eigenvalue weighted by atomic mass is 35.5. The third kappa shape index (κ3) is 4.15. The highest BCUT2D eigenvalue weighted by Gasteiger charge is 2.29. The van der Waals surface area contributed by atoms with Gasteiger partial charge in [0.15, 0.2) is 0 Å². The minimum Gasteiger partial charge on any atom is -0.352 e. The Bertz CT molecular complexity index is 794. The Labute approximate surface area is 157 Å². The zero-order chi connectivity index (χ0) is 18.5. The van der Waals surface area contributed by atoms with E-state index in [0.717, 1.165) is 17.7 Å². The lowest BCUT2D eigenvalue weighted by molar-refractivity contribution is 0.0634. The van der Waals surface area contributed by atoms with Gasteiger partial charge in [-0.05, 0) is 29.3 Å². The molecule has 7 heteroatoms. The van der Waals surface area contributed by atoms with Gasteiger partial charge in [0.25, 0.3) is 5.91 Å². The maximum atomic E-state index is 13.0. The number of benzene rings is 2. The van der Waals surface area contributed by atoms with Gasteiger partial charge in [0, 0.05) is 36.8 Å². The number of amides is 3. The fourth-order valence-corrected chi connectivity index (χ4v) is 3.35. The Balaban J connectivity index is 1.78. The van der Waals surface area contributed by atoms with Crippen molar-refractivity contribution in [1.29, 1.82) is 0 Å². The molecular formula is C19H21ClN4O2. The fraction of sp³-hybridized carbons (Fsp3) is 0.263. The number of piperazine rings is 1. The molecule has 2 aromatic carbocycles. The first-order chi connectivity index (χ1) is 12.6. The Hall–Kier alpha value is -2.57. The molecule has 0 radical (unpaired) electrons. The van der Waals surface area contributed by atoms with Crippen molar-refractivity contribution in [1.82, 2.24) is 15.5 Å². The van der Waals surface area contributed by atoms with Crippen molar-refractivity contribution in [2.24, 2.45) is 5.73 Å². The van der Waals surface area contributed by atoms with E-state index in [4.69, 9.17) is 17.3 Å². The molecule has 136 valence electrons. The highest BCUT2D eigenvalue weighted by Crippen LogP contribution is 2.29. The smallest absolute Gasteiger partial charge is 0.312 e. The number of urea groups is 1. The van der Waals surface area contributed by atoms with E-state index in [1.54, 1.807) is 12.1 Å². The van der Waals surface area contributed by atoms with Crippen LogP contribution in [0.15, 0.2) is 48.5 Å². The molecule has 1 aliphatic rings. The van der Waals surface area contributed by atoms with E-state index >= 15 is 0 Å². The van der Waals surface area contributed by atoms with Crippen molar-refractivity contribution < 1.29 is 9.59 Å². The van der Waals surface area contributed by atoms with Crippen LogP contribution >= 0.6 is 11.6 Å². The van der Waals surface area contributed by atoms with Gasteiger partial charge in [-0.1, -0.05) is 41.9 Å². The Morgan fingerprint density at radius 3 is 2.62 bits per heavy atom. The lowest BCUT2D eigenvalue weighted by Crippen LogP contribution is -2.48. The van der Waals surface area contributed by atoms with Crippen LogP contribution in [0, 0.1) is 0 Å². The van der Waals surface area contributed by atoms with Gasteiger partial charge in [0.1, 0.15) is 0 Å². The summed E-state index contributed by atoms with van der Waals surface area (Å²) in [5.74, 6) is -0.0363.